The van der Waals surface area contributed by atoms with E-state index in [1.165, 1.54) is 25.7 Å². The van der Waals surface area contributed by atoms with Crippen molar-refractivity contribution in [2.24, 2.45) is 34.5 Å². The number of carbonyl (C=O) groups is 2. The molecular weight excluding hydrogens is 316 g/mol. The Morgan fingerprint density at radius 2 is 1.84 bits per heavy atom. The second kappa shape index (κ2) is 6.07. The summed E-state index contributed by atoms with van der Waals surface area (Å²) >= 11 is 0. The van der Waals surface area contributed by atoms with Crippen molar-refractivity contribution in [2.45, 2.75) is 77.7 Å². The first-order valence-corrected chi connectivity index (χ1v) is 10.2. The predicted octanol–water partition coefficient (Wildman–Crippen LogP) is 4.07. The fourth-order valence-corrected chi connectivity index (χ4v) is 7.44. The number of ether oxygens (including phenoxy) is 1. The van der Waals surface area contributed by atoms with Crippen molar-refractivity contribution in [3.05, 3.63) is 0 Å². The van der Waals surface area contributed by atoms with Crippen LogP contribution in [0.5, 0.6) is 0 Å². The third-order valence-electron chi connectivity index (χ3n) is 8.80. The molecule has 1 N–H and O–H groups in total. The molecule has 4 saturated carbocycles. The molecule has 0 radical (unpaired) electrons. The van der Waals surface area contributed by atoms with Gasteiger partial charge in [-0.25, -0.2) is 4.79 Å². The van der Waals surface area contributed by atoms with Gasteiger partial charge in [-0.05, 0) is 79.4 Å². The number of carbonyl (C=O) groups excluding carboxylic acids is 1. The summed E-state index contributed by atoms with van der Waals surface area (Å²) in [6.45, 7) is 4.66. The largest absolute Gasteiger partial charge is 0.480 e. The minimum absolute atomic E-state index is 0.105. The zero-order valence-electron chi connectivity index (χ0n) is 15.6. The maximum Gasteiger partial charge on any atom is 0.329 e. The zero-order chi connectivity index (χ0) is 17.8. The second-order valence-electron chi connectivity index (χ2n) is 9.71. The number of carboxylic acids is 1. The van der Waals surface area contributed by atoms with E-state index < -0.39 is 5.97 Å². The molecule has 7 atom stereocenters. The molecule has 140 valence electrons. The van der Waals surface area contributed by atoms with Gasteiger partial charge in [0.25, 0.3) is 0 Å². The average Bonchev–Trinajstić information content (AvgIpc) is 2.90. The van der Waals surface area contributed by atoms with E-state index in [0.717, 1.165) is 43.9 Å². The number of fused-ring (bicyclic) bond motifs is 5. The molecule has 0 spiro atoms. The lowest BCUT2D eigenvalue weighted by atomic mass is 9.45. The highest BCUT2D eigenvalue weighted by atomic mass is 16.5. The lowest BCUT2D eigenvalue weighted by molar-refractivity contribution is -0.156. The monoisotopic (exact) mass is 348 g/mol. The summed E-state index contributed by atoms with van der Waals surface area (Å²) in [5.74, 6) is 2.37. The Hall–Kier alpha value is -0.900. The van der Waals surface area contributed by atoms with Gasteiger partial charge < -0.3 is 9.84 Å². The number of hydrogen-bond acceptors (Lipinski definition) is 3. The second-order valence-corrected chi connectivity index (χ2v) is 9.71. The molecule has 0 aliphatic heterocycles. The van der Waals surface area contributed by atoms with E-state index in [-0.39, 0.29) is 18.1 Å². The zero-order valence-corrected chi connectivity index (χ0v) is 15.6. The summed E-state index contributed by atoms with van der Waals surface area (Å²) in [4.78, 5) is 22.9. The number of Topliss-reactive ketones (excluding diaryl/α,β-unsaturated/α-hetero) is 1. The number of aliphatic carboxylic acids is 1. The maximum atomic E-state index is 12.0. The van der Waals surface area contributed by atoms with Crippen LogP contribution in [0.2, 0.25) is 0 Å². The van der Waals surface area contributed by atoms with E-state index in [0.29, 0.717) is 23.0 Å². The molecule has 4 nitrogen and oxygen atoms in total. The highest BCUT2D eigenvalue weighted by molar-refractivity contribution is 5.79. The van der Waals surface area contributed by atoms with Crippen LogP contribution < -0.4 is 0 Å². The van der Waals surface area contributed by atoms with Crippen LogP contribution in [0.25, 0.3) is 0 Å². The molecule has 25 heavy (non-hydrogen) atoms. The maximum absolute atomic E-state index is 12.0. The van der Waals surface area contributed by atoms with Crippen LogP contribution in [-0.2, 0) is 14.3 Å². The average molecular weight is 348 g/mol. The summed E-state index contributed by atoms with van der Waals surface area (Å²) in [5.41, 5.74) is 0.489. The number of rotatable bonds is 3. The van der Waals surface area contributed by atoms with Crippen molar-refractivity contribution in [2.75, 3.05) is 6.61 Å². The molecule has 0 heterocycles. The van der Waals surface area contributed by atoms with Crippen molar-refractivity contribution in [1.82, 2.24) is 0 Å². The topological polar surface area (TPSA) is 63.6 Å². The third kappa shape index (κ3) is 2.67. The van der Waals surface area contributed by atoms with Crippen LogP contribution in [0.15, 0.2) is 0 Å². The molecule has 0 unspecified atom stereocenters. The van der Waals surface area contributed by atoms with Gasteiger partial charge in [0.1, 0.15) is 12.4 Å². The molecule has 0 amide bonds. The number of carboxylic acid groups (broad SMARTS) is 1. The Labute approximate surface area is 150 Å². The van der Waals surface area contributed by atoms with Crippen molar-refractivity contribution in [3.63, 3.8) is 0 Å². The first-order valence-electron chi connectivity index (χ1n) is 10.2. The molecular formula is C21H32O4. The summed E-state index contributed by atoms with van der Waals surface area (Å²) in [6, 6.07) is 0. The van der Waals surface area contributed by atoms with Crippen LogP contribution in [0.1, 0.15) is 71.6 Å². The van der Waals surface area contributed by atoms with E-state index in [4.69, 9.17) is 9.84 Å². The van der Waals surface area contributed by atoms with E-state index >= 15 is 0 Å². The van der Waals surface area contributed by atoms with Crippen LogP contribution in [-0.4, -0.2) is 29.6 Å². The molecule has 0 aromatic heterocycles. The molecule has 0 aromatic carbocycles. The van der Waals surface area contributed by atoms with Crippen molar-refractivity contribution >= 4 is 11.8 Å². The van der Waals surface area contributed by atoms with E-state index in [1.807, 2.05) is 0 Å². The van der Waals surface area contributed by atoms with Gasteiger partial charge in [0.2, 0.25) is 0 Å². The summed E-state index contributed by atoms with van der Waals surface area (Å²) in [7, 11) is 0. The SMILES string of the molecule is C[C@]12CCC(=O)C[C@@H]1CC[C@@H]1[C@@H]2CC[C@]2(C)[C@@H](OCC(=O)O)CC[C@@H]12. The van der Waals surface area contributed by atoms with E-state index in [2.05, 4.69) is 13.8 Å². The van der Waals surface area contributed by atoms with E-state index in [9.17, 15) is 9.59 Å². The minimum atomic E-state index is -0.861. The van der Waals surface area contributed by atoms with Gasteiger partial charge >= 0.3 is 5.97 Å². The Morgan fingerprint density at radius 1 is 1.08 bits per heavy atom. The molecule has 4 fully saturated rings. The first kappa shape index (κ1) is 17.5. The van der Waals surface area contributed by atoms with Crippen molar-refractivity contribution in [3.8, 4) is 0 Å². The van der Waals surface area contributed by atoms with Crippen LogP contribution in [0, 0.1) is 34.5 Å². The van der Waals surface area contributed by atoms with Gasteiger partial charge in [0.05, 0.1) is 6.10 Å². The Kier molecular flexibility index (Phi) is 4.25. The first-order chi connectivity index (χ1) is 11.8. The van der Waals surface area contributed by atoms with Gasteiger partial charge in [-0.2, -0.15) is 0 Å². The fourth-order valence-electron chi connectivity index (χ4n) is 7.44. The minimum Gasteiger partial charge on any atom is -0.480 e. The number of ketones is 1. The third-order valence-corrected chi connectivity index (χ3v) is 8.80. The smallest absolute Gasteiger partial charge is 0.329 e. The highest BCUT2D eigenvalue weighted by Crippen LogP contribution is 2.66. The Morgan fingerprint density at radius 3 is 2.60 bits per heavy atom. The Bertz CT molecular complexity index is 572. The summed E-state index contributed by atoms with van der Waals surface area (Å²) in [5, 5.41) is 8.97. The van der Waals surface area contributed by atoms with E-state index in [1.54, 1.807) is 0 Å². The lowest BCUT2D eigenvalue weighted by Crippen LogP contribution is -2.54. The summed E-state index contributed by atoms with van der Waals surface area (Å²) < 4.78 is 5.82. The highest BCUT2D eigenvalue weighted by Gasteiger charge is 2.60. The fraction of sp³-hybridized carbons (Fsp3) is 0.905. The van der Waals surface area contributed by atoms with Gasteiger partial charge in [0.15, 0.2) is 0 Å². The van der Waals surface area contributed by atoms with Gasteiger partial charge in [-0.1, -0.05) is 13.8 Å². The molecule has 4 heteroatoms. The van der Waals surface area contributed by atoms with Gasteiger partial charge in [-0.15, -0.1) is 0 Å². The molecule has 4 rings (SSSR count). The van der Waals surface area contributed by atoms with Crippen LogP contribution >= 0.6 is 0 Å². The molecule has 4 aliphatic rings. The molecule has 4 aliphatic carbocycles. The van der Waals surface area contributed by atoms with Crippen LogP contribution in [0.4, 0.5) is 0 Å². The van der Waals surface area contributed by atoms with Gasteiger partial charge in [-0.3, -0.25) is 4.79 Å². The molecule has 0 bridgehead atoms. The predicted molar refractivity (Wildman–Crippen MR) is 94.1 cm³/mol. The quantitative estimate of drug-likeness (QED) is 0.835. The lowest BCUT2D eigenvalue weighted by Gasteiger charge is -2.60. The van der Waals surface area contributed by atoms with Crippen LogP contribution in [0.3, 0.4) is 0 Å². The molecule has 0 saturated heterocycles. The molecule has 0 aromatic rings. The standard InChI is InChI=1S/C21H32O4/c1-20-9-7-14(22)11-13(20)3-4-15-16-5-6-18(25-12-19(23)24)21(16,2)10-8-17(15)20/h13,15-18H,3-12H2,1-2H3,(H,23,24)/t13-,15-,16-,17-,18-,20-,21-/m0/s1. The normalized spacial score (nSPS) is 49.2. The van der Waals surface area contributed by atoms with Crippen molar-refractivity contribution < 1.29 is 19.4 Å². The number of hydrogen-bond donors (Lipinski definition) is 1. The van der Waals surface area contributed by atoms with Gasteiger partial charge in [0, 0.05) is 12.8 Å². The summed E-state index contributed by atoms with van der Waals surface area (Å²) in [6.07, 6.45) is 9.81. The van der Waals surface area contributed by atoms with Crippen molar-refractivity contribution in [1.29, 1.82) is 0 Å². The Balaban J connectivity index is 1.54.